The van der Waals surface area contributed by atoms with Gasteiger partial charge in [-0.2, -0.15) is 0 Å². The predicted octanol–water partition coefficient (Wildman–Crippen LogP) is 4.03. The van der Waals surface area contributed by atoms with E-state index < -0.39 is 6.10 Å². The normalized spacial score (nSPS) is 12.6. The van der Waals surface area contributed by atoms with Gasteiger partial charge in [-0.05, 0) is 32.3 Å². The molecule has 0 aliphatic rings. The number of fused-ring (bicyclic) bond motifs is 1. The highest BCUT2D eigenvalue weighted by molar-refractivity contribution is 6.11. The molecular weight excluding hydrogens is 278 g/mol. The lowest BCUT2D eigenvalue weighted by Gasteiger charge is -2.13. The van der Waals surface area contributed by atoms with E-state index in [0.717, 1.165) is 23.0 Å². The van der Waals surface area contributed by atoms with E-state index in [2.05, 4.69) is 18.8 Å². The first kappa shape index (κ1) is 16.3. The van der Waals surface area contributed by atoms with Gasteiger partial charge in [0.1, 0.15) is 0 Å². The molecule has 1 aromatic heterocycles. The van der Waals surface area contributed by atoms with Gasteiger partial charge in [-0.25, -0.2) is 0 Å². The van der Waals surface area contributed by atoms with Crippen molar-refractivity contribution in [1.29, 1.82) is 0 Å². The minimum atomic E-state index is -0.766. The molecule has 2 rings (SSSR count). The fraction of sp³-hybridized carbons (Fsp3) is 0.444. The predicted molar refractivity (Wildman–Crippen MR) is 87.0 cm³/mol. The molecule has 4 heteroatoms. The highest BCUT2D eigenvalue weighted by Crippen LogP contribution is 2.24. The molecule has 0 unspecified atom stereocenters. The Hall–Kier alpha value is -2.10. The van der Waals surface area contributed by atoms with Crippen molar-refractivity contribution in [2.24, 2.45) is 5.92 Å². The zero-order chi connectivity index (χ0) is 16.3. The zero-order valence-corrected chi connectivity index (χ0v) is 13.6. The van der Waals surface area contributed by atoms with Gasteiger partial charge in [-0.15, -0.1) is 0 Å². The molecule has 0 saturated heterocycles. The SMILES string of the molecule is Cc1[nH]c2ccccc2c1C(=O)[C@H](C)OC(=O)CCC(C)C. The largest absolute Gasteiger partial charge is 0.454 e. The van der Waals surface area contributed by atoms with Crippen molar-refractivity contribution in [2.75, 3.05) is 0 Å². The lowest BCUT2D eigenvalue weighted by molar-refractivity contribution is -0.146. The average molecular weight is 301 g/mol. The number of rotatable bonds is 6. The molecule has 118 valence electrons. The number of para-hydroxylation sites is 1. The van der Waals surface area contributed by atoms with Crippen LogP contribution in [0.25, 0.3) is 10.9 Å². The number of aryl methyl sites for hydroxylation is 1. The van der Waals surface area contributed by atoms with Crippen LogP contribution in [0.15, 0.2) is 24.3 Å². The molecule has 0 aliphatic heterocycles. The number of aromatic nitrogens is 1. The van der Waals surface area contributed by atoms with E-state index in [9.17, 15) is 9.59 Å². The smallest absolute Gasteiger partial charge is 0.306 e. The van der Waals surface area contributed by atoms with Crippen molar-refractivity contribution in [3.05, 3.63) is 35.5 Å². The first-order chi connectivity index (χ1) is 10.4. The maximum atomic E-state index is 12.6. The summed E-state index contributed by atoms with van der Waals surface area (Å²) in [5.41, 5.74) is 2.33. The van der Waals surface area contributed by atoms with E-state index in [1.165, 1.54) is 0 Å². The summed E-state index contributed by atoms with van der Waals surface area (Å²) in [6, 6.07) is 7.64. The minimum absolute atomic E-state index is 0.159. The number of carbonyl (C=O) groups is 2. The van der Waals surface area contributed by atoms with Crippen LogP contribution in [0, 0.1) is 12.8 Å². The summed E-state index contributed by atoms with van der Waals surface area (Å²) < 4.78 is 5.29. The summed E-state index contributed by atoms with van der Waals surface area (Å²) in [6.45, 7) is 7.60. The lowest BCUT2D eigenvalue weighted by Crippen LogP contribution is -2.25. The average Bonchev–Trinajstić information content (AvgIpc) is 2.80. The third kappa shape index (κ3) is 3.56. The van der Waals surface area contributed by atoms with Crippen LogP contribution in [0.4, 0.5) is 0 Å². The van der Waals surface area contributed by atoms with E-state index in [4.69, 9.17) is 4.74 Å². The van der Waals surface area contributed by atoms with Crippen molar-refractivity contribution in [3.8, 4) is 0 Å². The minimum Gasteiger partial charge on any atom is -0.454 e. The molecule has 0 fully saturated rings. The number of hydrogen-bond acceptors (Lipinski definition) is 3. The number of ketones is 1. The van der Waals surface area contributed by atoms with Gasteiger partial charge in [0.05, 0.1) is 0 Å². The van der Waals surface area contributed by atoms with Crippen molar-refractivity contribution < 1.29 is 14.3 Å². The molecule has 1 heterocycles. The fourth-order valence-electron chi connectivity index (χ4n) is 2.51. The number of esters is 1. The number of H-pyrrole nitrogens is 1. The first-order valence-electron chi connectivity index (χ1n) is 7.71. The summed E-state index contributed by atoms with van der Waals surface area (Å²) in [5.74, 6) is -0.0330. The third-order valence-electron chi connectivity index (χ3n) is 3.74. The lowest BCUT2D eigenvalue weighted by atomic mass is 10.0. The number of benzene rings is 1. The molecule has 0 radical (unpaired) electrons. The topological polar surface area (TPSA) is 59.2 Å². The van der Waals surface area contributed by atoms with Crippen molar-refractivity contribution >= 4 is 22.7 Å². The Morgan fingerprint density at radius 2 is 1.86 bits per heavy atom. The Balaban J connectivity index is 2.13. The highest BCUT2D eigenvalue weighted by atomic mass is 16.5. The Kier molecular flexibility index (Phi) is 5.01. The molecule has 1 atom stereocenters. The second-order valence-corrected chi connectivity index (χ2v) is 6.10. The molecule has 0 bridgehead atoms. The summed E-state index contributed by atoms with van der Waals surface area (Å²) >= 11 is 0. The van der Waals surface area contributed by atoms with E-state index in [1.807, 2.05) is 31.2 Å². The molecule has 0 aliphatic carbocycles. The zero-order valence-electron chi connectivity index (χ0n) is 13.6. The summed E-state index contributed by atoms with van der Waals surface area (Å²) in [7, 11) is 0. The number of Topliss-reactive ketones (excluding diaryl/α,β-unsaturated/α-hetero) is 1. The second-order valence-electron chi connectivity index (χ2n) is 6.10. The van der Waals surface area contributed by atoms with Crippen LogP contribution >= 0.6 is 0 Å². The Morgan fingerprint density at radius 1 is 1.18 bits per heavy atom. The Morgan fingerprint density at radius 3 is 2.55 bits per heavy atom. The van der Waals surface area contributed by atoms with Gasteiger partial charge in [-0.3, -0.25) is 9.59 Å². The van der Waals surface area contributed by atoms with Crippen LogP contribution in [0.5, 0.6) is 0 Å². The van der Waals surface area contributed by atoms with Crippen LogP contribution in [0.1, 0.15) is 49.7 Å². The van der Waals surface area contributed by atoms with Crippen molar-refractivity contribution in [1.82, 2.24) is 4.98 Å². The summed E-state index contributed by atoms with van der Waals surface area (Å²) in [6.07, 6.45) is 0.353. The van der Waals surface area contributed by atoms with Crippen LogP contribution in [-0.2, 0) is 9.53 Å². The van der Waals surface area contributed by atoms with E-state index in [1.54, 1.807) is 6.92 Å². The number of nitrogens with one attached hydrogen (secondary N) is 1. The van der Waals surface area contributed by atoms with Gasteiger partial charge in [0, 0.05) is 28.6 Å². The van der Waals surface area contributed by atoms with Gasteiger partial charge in [-0.1, -0.05) is 32.0 Å². The number of aromatic amines is 1. The van der Waals surface area contributed by atoms with Gasteiger partial charge in [0.2, 0.25) is 5.78 Å². The van der Waals surface area contributed by atoms with Gasteiger partial charge in [0.25, 0.3) is 0 Å². The molecule has 2 aromatic rings. The van der Waals surface area contributed by atoms with Crippen molar-refractivity contribution in [3.63, 3.8) is 0 Å². The number of hydrogen-bond donors (Lipinski definition) is 1. The quantitative estimate of drug-likeness (QED) is 0.647. The number of ether oxygens (including phenoxy) is 1. The monoisotopic (exact) mass is 301 g/mol. The molecular formula is C18H23NO3. The van der Waals surface area contributed by atoms with Crippen LogP contribution in [0.3, 0.4) is 0 Å². The summed E-state index contributed by atoms with van der Waals surface area (Å²) in [4.78, 5) is 27.6. The molecule has 0 saturated carbocycles. The maximum absolute atomic E-state index is 12.6. The van der Waals surface area contributed by atoms with Crippen LogP contribution in [-0.4, -0.2) is 22.8 Å². The number of carbonyl (C=O) groups excluding carboxylic acids is 2. The maximum Gasteiger partial charge on any atom is 0.306 e. The Labute approximate surface area is 130 Å². The van der Waals surface area contributed by atoms with Crippen LogP contribution < -0.4 is 0 Å². The fourth-order valence-corrected chi connectivity index (χ4v) is 2.51. The Bertz CT molecular complexity index is 685. The van der Waals surface area contributed by atoms with Gasteiger partial charge in [0.15, 0.2) is 6.10 Å². The molecule has 0 spiro atoms. The molecule has 22 heavy (non-hydrogen) atoms. The van der Waals surface area contributed by atoms with Gasteiger partial charge < -0.3 is 9.72 Å². The van der Waals surface area contributed by atoms with E-state index in [-0.39, 0.29) is 11.8 Å². The third-order valence-corrected chi connectivity index (χ3v) is 3.74. The highest BCUT2D eigenvalue weighted by Gasteiger charge is 2.24. The standard InChI is InChI=1S/C18H23NO3/c1-11(2)9-10-16(20)22-13(4)18(21)17-12(3)19-15-8-6-5-7-14(15)17/h5-8,11,13,19H,9-10H2,1-4H3/t13-/m0/s1. The van der Waals surface area contributed by atoms with E-state index in [0.29, 0.717) is 17.9 Å². The van der Waals surface area contributed by atoms with Crippen molar-refractivity contribution in [2.45, 2.75) is 46.6 Å². The molecule has 1 N–H and O–H groups in total. The van der Waals surface area contributed by atoms with E-state index >= 15 is 0 Å². The first-order valence-corrected chi connectivity index (χ1v) is 7.71. The van der Waals surface area contributed by atoms with Crippen LogP contribution in [0.2, 0.25) is 0 Å². The molecule has 0 amide bonds. The molecule has 1 aromatic carbocycles. The summed E-state index contributed by atoms with van der Waals surface area (Å²) in [5, 5.41) is 0.870. The second kappa shape index (κ2) is 6.77. The molecule has 4 nitrogen and oxygen atoms in total. The van der Waals surface area contributed by atoms with Gasteiger partial charge >= 0.3 is 5.97 Å².